The van der Waals surface area contributed by atoms with Crippen molar-refractivity contribution in [3.8, 4) is 17.2 Å². The number of amides is 2. The van der Waals surface area contributed by atoms with Crippen LogP contribution >= 0.6 is 0 Å². The number of nitrogens with one attached hydrogen (secondary N) is 2. The number of fused-ring (bicyclic) bond motifs is 2. The smallest absolute Gasteiger partial charge is 0.407 e. The van der Waals surface area contributed by atoms with Crippen LogP contribution in [0.2, 0.25) is 0 Å². The monoisotopic (exact) mass is 703 g/mol. The van der Waals surface area contributed by atoms with Crippen molar-refractivity contribution in [1.29, 1.82) is 0 Å². The Bertz CT molecular complexity index is 1850. The van der Waals surface area contributed by atoms with Gasteiger partial charge in [0.15, 0.2) is 17.3 Å². The molecule has 1 aromatic heterocycles. The van der Waals surface area contributed by atoms with E-state index in [1.54, 1.807) is 37.3 Å². The van der Waals surface area contributed by atoms with Crippen molar-refractivity contribution in [1.82, 2.24) is 20.1 Å². The SMILES string of the molecule is CCC(CN(C)c1c(F)cc2c(=O)c(C(=O)NC(C)CCCN(CC)CC)cn3c2c1Oc1cc(C)ccccccc1-3)NC(=O)OC(C)(C)C. The first-order valence-electron chi connectivity index (χ1n) is 17.9. The minimum Gasteiger partial charge on any atom is -0.451 e. The fourth-order valence-electron chi connectivity index (χ4n) is 6.21. The fourth-order valence-corrected chi connectivity index (χ4v) is 6.21. The molecule has 1 aliphatic rings. The van der Waals surface area contributed by atoms with Crippen molar-refractivity contribution in [2.75, 3.05) is 38.1 Å². The summed E-state index contributed by atoms with van der Waals surface area (Å²) < 4.78 is 30.2. The molecule has 10 nitrogen and oxygen atoms in total. The molecule has 0 bridgehead atoms. The van der Waals surface area contributed by atoms with E-state index in [1.165, 1.54) is 12.3 Å². The Kier molecular flexibility index (Phi) is 13.1. The third kappa shape index (κ3) is 9.78. The van der Waals surface area contributed by atoms with Crippen LogP contribution in [-0.4, -0.2) is 72.4 Å². The highest BCUT2D eigenvalue weighted by Crippen LogP contribution is 2.46. The van der Waals surface area contributed by atoms with Crippen LogP contribution in [0.4, 0.5) is 14.9 Å². The number of aryl methyl sites for hydroxylation is 1. The van der Waals surface area contributed by atoms with Gasteiger partial charge in [0.2, 0.25) is 5.43 Å². The second-order valence-corrected chi connectivity index (χ2v) is 14.2. The Balaban J connectivity index is 1.84. The van der Waals surface area contributed by atoms with E-state index in [1.807, 2.05) is 63.2 Å². The zero-order valence-electron chi connectivity index (χ0n) is 31.6. The van der Waals surface area contributed by atoms with Crippen LogP contribution in [0, 0.1) is 12.7 Å². The van der Waals surface area contributed by atoms with E-state index in [4.69, 9.17) is 9.47 Å². The van der Waals surface area contributed by atoms with Crippen molar-refractivity contribution in [3.05, 3.63) is 81.9 Å². The molecule has 0 radical (unpaired) electrons. The number of benzene rings is 1. The molecule has 2 atom stereocenters. The molecular formula is C40H54FN5O5. The Morgan fingerprint density at radius 1 is 1.04 bits per heavy atom. The van der Waals surface area contributed by atoms with E-state index < -0.39 is 28.8 Å². The number of alkyl carbamates (subject to hydrolysis) is 1. The fraction of sp³-hybridized carbons (Fsp3) is 0.475. The van der Waals surface area contributed by atoms with E-state index in [0.29, 0.717) is 23.4 Å². The molecule has 0 saturated carbocycles. The third-order valence-electron chi connectivity index (χ3n) is 8.92. The number of halogens is 1. The van der Waals surface area contributed by atoms with Gasteiger partial charge in [-0.05, 0) is 97.3 Å². The maximum atomic E-state index is 16.4. The van der Waals surface area contributed by atoms with Gasteiger partial charge in [-0.3, -0.25) is 9.59 Å². The Morgan fingerprint density at radius 2 is 1.73 bits per heavy atom. The number of aromatic nitrogens is 1. The summed E-state index contributed by atoms with van der Waals surface area (Å²) in [5.41, 5.74) is 0.551. The normalized spacial score (nSPS) is 13.1. The summed E-state index contributed by atoms with van der Waals surface area (Å²) >= 11 is 0. The molecule has 2 heterocycles. The van der Waals surface area contributed by atoms with Gasteiger partial charge < -0.3 is 34.5 Å². The van der Waals surface area contributed by atoms with Gasteiger partial charge in [0.1, 0.15) is 22.4 Å². The molecule has 2 N–H and O–H groups in total. The summed E-state index contributed by atoms with van der Waals surface area (Å²) in [6, 6.07) is 13.7. The Labute approximate surface area is 301 Å². The molecule has 0 spiro atoms. The second-order valence-electron chi connectivity index (χ2n) is 14.2. The van der Waals surface area contributed by atoms with Crippen molar-refractivity contribution in [2.24, 2.45) is 0 Å². The van der Waals surface area contributed by atoms with Crippen molar-refractivity contribution < 1.29 is 23.5 Å². The molecule has 2 unspecified atom stereocenters. The molecule has 2 amide bonds. The number of pyridine rings is 1. The average Bonchev–Trinajstić information content (AvgIpc) is 3.05. The van der Waals surface area contributed by atoms with E-state index in [0.717, 1.165) is 38.0 Å². The quantitative estimate of drug-likeness (QED) is 0.147. The third-order valence-corrected chi connectivity index (χ3v) is 8.92. The predicted molar refractivity (Wildman–Crippen MR) is 203 cm³/mol. The number of rotatable bonds is 13. The van der Waals surface area contributed by atoms with Gasteiger partial charge >= 0.3 is 6.09 Å². The van der Waals surface area contributed by atoms with Crippen LogP contribution in [0.3, 0.4) is 0 Å². The van der Waals surface area contributed by atoms with Gasteiger partial charge in [-0.1, -0.05) is 51.1 Å². The lowest BCUT2D eigenvalue weighted by Crippen LogP contribution is -2.44. The van der Waals surface area contributed by atoms with Crippen molar-refractivity contribution in [3.63, 3.8) is 0 Å². The molecule has 3 aromatic rings. The van der Waals surface area contributed by atoms with Crippen LogP contribution in [0.15, 0.2) is 59.5 Å². The van der Waals surface area contributed by atoms with Crippen molar-refractivity contribution in [2.45, 2.75) is 92.3 Å². The van der Waals surface area contributed by atoms with E-state index in [-0.39, 0.29) is 41.0 Å². The first-order valence-corrected chi connectivity index (χ1v) is 17.9. The molecule has 0 saturated heterocycles. The van der Waals surface area contributed by atoms with E-state index >= 15 is 4.39 Å². The topological polar surface area (TPSA) is 105 Å². The van der Waals surface area contributed by atoms with Gasteiger partial charge in [-0.2, -0.15) is 0 Å². The first kappa shape index (κ1) is 39.2. The summed E-state index contributed by atoms with van der Waals surface area (Å²) in [7, 11) is 1.71. The van der Waals surface area contributed by atoms with Gasteiger partial charge in [0.05, 0.1) is 11.1 Å². The zero-order chi connectivity index (χ0) is 37.5. The van der Waals surface area contributed by atoms with Gasteiger partial charge in [0, 0.05) is 31.9 Å². The predicted octanol–water partition coefficient (Wildman–Crippen LogP) is 7.65. The number of likely N-dealkylation sites (N-methyl/N-ethyl adjacent to an activating group) is 1. The highest BCUT2D eigenvalue weighted by molar-refractivity contribution is 6.01. The number of carbonyl (C=O) groups excluding carboxylic acids is 2. The number of anilines is 1. The lowest BCUT2D eigenvalue weighted by Gasteiger charge is -2.31. The highest BCUT2D eigenvalue weighted by atomic mass is 19.1. The standard InChI is InChI=1S/C40H54FN5O5/c1-10-28(43-39(49)51-40(6,7)8)24-44(9)35-31(41)23-29-34-37(35)50-33-22-26(4)18-15-13-14-16-20-32(33)46(34)25-30(36(29)47)38(48)42-27(5)19-17-21-45(11-2)12-3/h13-16,18,20,22-23,25,27-28H,10-12,17,19,21,24H2,1-9H3,(H,42,48)(H,43,49). The van der Waals surface area contributed by atoms with Crippen molar-refractivity contribution >= 4 is 28.6 Å². The largest absolute Gasteiger partial charge is 0.451 e. The van der Waals surface area contributed by atoms with Gasteiger partial charge in [-0.25, -0.2) is 9.18 Å². The number of carbonyl (C=O) groups is 2. The maximum Gasteiger partial charge on any atom is 0.407 e. The molecule has 4 rings (SSSR count). The lowest BCUT2D eigenvalue weighted by atomic mass is 10.0. The summed E-state index contributed by atoms with van der Waals surface area (Å²) in [5, 5.41) is 5.90. The van der Waals surface area contributed by atoms with Crippen LogP contribution in [0.25, 0.3) is 16.6 Å². The number of ether oxygens (including phenoxy) is 2. The van der Waals surface area contributed by atoms with Crippen LogP contribution in [0.1, 0.15) is 83.7 Å². The van der Waals surface area contributed by atoms with Crippen LogP contribution in [-0.2, 0) is 4.74 Å². The van der Waals surface area contributed by atoms with Gasteiger partial charge in [0.25, 0.3) is 5.91 Å². The number of nitrogens with zero attached hydrogens (tertiary/aromatic N) is 3. The van der Waals surface area contributed by atoms with Gasteiger partial charge in [-0.15, -0.1) is 0 Å². The summed E-state index contributed by atoms with van der Waals surface area (Å²) in [6.07, 6.45) is 3.16. The Morgan fingerprint density at radius 3 is 2.37 bits per heavy atom. The average molecular weight is 704 g/mol. The molecule has 51 heavy (non-hydrogen) atoms. The summed E-state index contributed by atoms with van der Waals surface area (Å²) in [5.74, 6) is -0.658. The van der Waals surface area contributed by atoms with Crippen LogP contribution < -0.4 is 25.7 Å². The molecule has 1 aliphatic heterocycles. The van der Waals surface area contributed by atoms with Crippen LogP contribution in [0.5, 0.6) is 11.5 Å². The molecular weight excluding hydrogens is 649 g/mol. The molecule has 0 fully saturated rings. The number of hydrogen-bond donors (Lipinski definition) is 2. The molecule has 0 aliphatic carbocycles. The highest BCUT2D eigenvalue weighted by Gasteiger charge is 2.31. The summed E-state index contributed by atoms with van der Waals surface area (Å²) in [4.78, 5) is 44.4. The minimum atomic E-state index is -0.693. The first-order chi connectivity index (χ1) is 24.2. The molecule has 11 heteroatoms. The minimum absolute atomic E-state index is 0.0218. The summed E-state index contributed by atoms with van der Waals surface area (Å²) in [6.45, 7) is 18.4. The maximum absolute atomic E-state index is 16.4. The zero-order valence-corrected chi connectivity index (χ0v) is 31.6. The molecule has 2 aromatic carbocycles. The second kappa shape index (κ2) is 17.0. The lowest BCUT2D eigenvalue weighted by molar-refractivity contribution is 0.0504. The van der Waals surface area contributed by atoms with E-state index in [9.17, 15) is 14.4 Å². The van der Waals surface area contributed by atoms with E-state index in [2.05, 4.69) is 29.4 Å². The molecule has 276 valence electrons. The Hall–Kier alpha value is -4.64. The number of hydrogen-bond acceptors (Lipinski definition) is 7.